The highest BCUT2D eigenvalue weighted by molar-refractivity contribution is 6.05. The normalized spacial score (nSPS) is 23.3. The molecule has 35 heavy (non-hydrogen) atoms. The van der Waals surface area contributed by atoms with E-state index in [9.17, 15) is 4.79 Å². The van der Waals surface area contributed by atoms with E-state index in [1.165, 1.54) is 64.7 Å². The number of hydrogen-bond acceptors (Lipinski definition) is 6. The van der Waals surface area contributed by atoms with Crippen molar-refractivity contribution in [1.29, 1.82) is 0 Å². The quantitative estimate of drug-likeness (QED) is 0.523. The van der Waals surface area contributed by atoms with Crippen LogP contribution in [-0.4, -0.2) is 82.7 Å². The Labute approximate surface area is 210 Å². The third-order valence-corrected chi connectivity index (χ3v) is 8.73. The molecule has 0 aliphatic carbocycles. The van der Waals surface area contributed by atoms with Crippen molar-refractivity contribution in [3.05, 3.63) is 17.8 Å². The largest absolute Gasteiger partial charge is 0.357 e. The fourth-order valence-electron chi connectivity index (χ4n) is 6.31. The van der Waals surface area contributed by atoms with Crippen LogP contribution in [0.25, 0.3) is 11.0 Å². The number of fused-ring (bicyclic) bond motifs is 1. The van der Waals surface area contributed by atoms with Crippen LogP contribution in [0.5, 0.6) is 0 Å². The monoisotopic (exact) mass is 480 g/mol. The van der Waals surface area contributed by atoms with Crippen LogP contribution in [0.3, 0.4) is 0 Å². The molecule has 5 heterocycles. The number of Topliss-reactive ketones (excluding diaryl/α,β-unsaturated/α-hetero) is 1. The predicted octanol–water partition coefficient (Wildman–Crippen LogP) is 4.37. The summed E-state index contributed by atoms with van der Waals surface area (Å²) in [6, 6.07) is 4.17. The lowest BCUT2D eigenvalue weighted by atomic mass is 9.90. The van der Waals surface area contributed by atoms with Gasteiger partial charge in [-0.1, -0.05) is 26.2 Å². The highest BCUT2D eigenvalue weighted by Gasteiger charge is 2.26. The van der Waals surface area contributed by atoms with E-state index in [1.807, 2.05) is 7.05 Å². The van der Waals surface area contributed by atoms with Gasteiger partial charge in [-0.25, -0.2) is 9.67 Å². The zero-order chi connectivity index (χ0) is 24.2. The molecule has 192 valence electrons. The molecule has 0 saturated carbocycles. The van der Waals surface area contributed by atoms with Crippen LogP contribution >= 0.6 is 0 Å². The maximum Gasteiger partial charge on any atom is 0.184 e. The zero-order valence-corrected chi connectivity index (χ0v) is 21.9. The van der Waals surface area contributed by atoms with E-state index in [0.717, 1.165) is 61.8 Å². The summed E-state index contributed by atoms with van der Waals surface area (Å²) in [5, 5.41) is 5.54. The van der Waals surface area contributed by atoms with Gasteiger partial charge in [0, 0.05) is 46.2 Å². The number of nitrogens with zero attached hydrogens (tertiary/aromatic N) is 6. The Morgan fingerprint density at radius 1 is 0.914 bits per heavy atom. The Bertz CT molecular complexity index is 987. The van der Waals surface area contributed by atoms with Crippen molar-refractivity contribution in [3.63, 3.8) is 0 Å². The van der Waals surface area contributed by atoms with E-state index in [4.69, 9.17) is 4.98 Å². The van der Waals surface area contributed by atoms with Crippen LogP contribution in [-0.2, 0) is 7.05 Å². The second-order valence-electron chi connectivity index (χ2n) is 11.2. The molecule has 3 aliphatic heterocycles. The number of likely N-dealkylation sites (tertiary alicyclic amines) is 2. The molecule has 1 unspecified atom stereocenters. The Morgan fingerprint density at radius 3 is 2.31 bits per heavy atom. The topological polar surface area (TPSA) is 57.5 Å². The molecule has 1 atom stereocenters. The summed E-state index contributed by atoms with van der Waals surface area (Å²) < 4.78 is 1.80. The van der Waals surface area contributed by atoms with Gasteiger partial charge < -0.3 is 14.7 Å². The predicted molar refractivity (Wildman–Crippen MR) is 142 cm³/mol. The first-order chi connectivity index (χ1) is 17.1. The second-order valence-corrected chi connectivity index (χ2v) is 11.2. The molecule has 3 saturated heterocycles. The van der Waals surface area contributed by atoms with Gasteiger partial charge >= 0.3 is 0 Å². The number of hydrogen-bond donors (Lipinski definition) is 0. The molecule has 3 aliphatic rings. The first-order valence-electron chi connectivity index (χ1n) is 14.2. The van der Waals surface area contributed by atoms with E-state index < -0.39 is 0 Å². The summed E-state index contributed by atoms with van der Waals surface area (Å²) in [6.45, 7) is 11.6. The number of aromatic nitrogens is 3. The summed E-state index contributed by atoms with van der Waals surface area (Å²) in [5.41, 5.74) is 1.44. The smallest absolute Gasteiger partial charge is 0.184 e. The average Bonchev–Trinajstić information content (AvgIpc) is 3.37. The van der Waals surface area contributed by atoms with Crippen molar-refractivity contribution < 1.29 is 4.79 Å². The first kappa shape index (κ1) is 24.7. The number of piperidine rings is 1. The van der Waals surface area contributed by atoms with Gasteiger partial charge in [-0.15, -0.1) is 0 Å². The van der Waals surface area contributed by atoms with Crippen LogP contribution in [0, 0.1) is 11.8 Å². The lowest BCUT2D eigenvalue weighted by Gasteiger charge is -2.32. The van der Waals surface area contributed by atoms with Crippen molar-refractivity contribution in [2.75, 3.05) is 57.3 Å². The molecule has 0 aromatic carbocycles. The average molecular weight is 481 g/mol. The molecule has 2 aromatic heterocycles. The van der Waals surface area contributed by atoms with E-state index in [-0.39, 0.29) is 5.78 Å². The van der Waals surface area contributed by atoms with Gasteiger partial charge in [0.2, 0.25) is 0 Å². The molecule has 0 radical (unpaired) electrons. The number of carbonyl (C=O) groups is 1. The van der Waals surface area contributed by atoms with Crippen LogP contribution in [0.4, 0.5) is 5.82 Å². The molecule has 7 nitrogen and oxygen atoms in total. The molecule has 0 spiro atoms. The van der Waals surface area contributed by atoms with Gasteiger partial charge in [-0.05, 0) is 75.7 Å². The van der Waals surface area contributed by atoms with Gasteiger partial charge in [0.05, 0.1) is 5.39 Å². The molecule has 2 aromatic rings. The van der Waals surface area contributed by atoms with Crippen molar-refractivity contribution in [2.24, 2.45) is 18.9 Å². The van der Waals surface area contributed by atoms with Crippen LogP contribution in [0.1, 0.15) is 75.2 Å². The van der Waals surface area contributed by atoms with Crippen LogP contribution < -0.4 is 4.90 Å². The van der Waals surface area contributed by atoms with E-state index in [2.05, 4.69) is 38.9 Å². The molecule has 7 heteroatoms. The Morgan fingerprint density at radius 2 is 1.60 bits per heavy atom. The van der Waals surface area contributed by atoms with Gasteiger partial charge in [-0.3, -0.25) is 4.79 Å². The summed E-state index contributed by atoms with van der Waals surface area (Å²) in [6.07, 6.45) is 10.6. The highest BCUT2D eigenvalue weighted by atomic mass is 16.1. The third-order valence-electron chi connectivity index (χ3n) is 8.73. The minimum absolute atomic E-state index is 0.182. The number of aryl methyl sites for hydroxylation is 1. The number of anilines is 1. The van der Waals surface area contributed by atoms with Crippen molar-refractivity contribution in [2.45, 2.75) is 64.7 Å². The lowest BCUT2D eigenvalue weighted by molar-refractivity contribution is 0.0919. The standard InChI is InChI=1S/C28H44N6O/c1-3-22-10-17-33(21-22)19-18-32-15-11-23(12-16-32)20-25(35)27-24-8-9-26(29-28(24)31(2)30-27)34-13-6-4-5-7-14-34/h8-9,22-23H,3-7,10-21H2,1-2H3. The summed E-state index contributed by atoms with van der Waals surface area (Å²) in [5.74, 6) is 2.58. The van der Waals surface area contributed by atoms with Gasteiger partial charge in [0.1, 0.15) is 11.5 Å². The number of rotatable bonds is 8. The van der Waals surface area contributed by atoms with Gasteiger partial charge in [0.15, 0.2) is 11.4 Å². The number of ketones is 1. The van der Waals surface area contributed by atoms with Crippen molar-refractivity contribution >= 4 is 22.6 Å². The van der Waals surface area contributed by atoms with Crippen LogP contribution in [0.15, 0.2) is 12.1 Å². The SMILES string of the molecule is CCC1CCN(CCN2CCC(CC(=O)c3nn(C)c4nc(N5CCCCCC5)ccc34)CC2)C1. The molecule has 5 rings (SSSR count). The number of pyridine rings is 1. The Kier molecular flexibility index (Phi) is 8.03. The molecule has 0 N–H and O–H groups in total. The van der Waals surface area contributed by atoms with E-state index in [1.54, 1.807) is 4.68 Å². The fraction of sp³-hybridized carbons (Fsp3) is 0.750. The van der Waals surface area contributed by atoms with Crippen molar-refractivity contribution in [3.8, 4) is 0 Å². The maximum atomic E-state index is 13.3. The molecular weight excluding hydrogens is 436 g/mol. The van der Waals surface area contributed by atoms with Gasteiger partial charge in [0.25, 0.3) is 0 Å². The Balaban J connectivity index is 1.14. The minimum atomic E-state index is 0.182. The van der Waals surface area contributed by atoms with E-state index in [0.29, 0.717) is 18.0 Å². The molecular formula is C28H44N6O. The van der Waals surface area contributed by atoms with Crippen molar-refractivity contribution in [1.82, 2.24) is 24.6 Å². The van der Waals surface area contributed by atoms with Gasteiger partial charge in [-0.2, -0.15) is 5.10 Å². The molecule has 0 amide bonds. The van der Waals surface area contributed by atoms with Crippen LogP contribution in [0.2, 0.25) is 0 Å². The Hall–Kier alpha value is -1.99. The maximum absolute atomic E-state index is 13.3. The third kappa shape index (κ3) is 5.88. The second kappa shape index (κ2) is 11.4. The highest BCUT2D eigenvalue weighted by Crippen LogP contribution is 2.27. The minimum Gasteiger partial charge on any atom is -0.357 e. The first-order valence-corrected chi connectivity index (χ1v) is 14.2. The lowest BCUT2D eigenvalue weighted by Crippen LogP contribution is -2.39. The summed E-state index contributed by atoms with van der Waals surface area (Å²) in [4.78, 5) is 25.8. The molecule has 0 bridgehead atoms. The summed E-state index contributed by atoms with van der Waals surface area (Å²) in [7, 11) is 1.92. The fourth-order valence-corrected chi connectivity index (χ4v) is 6.31. The zero-order valence-electron chi connectivity index (χ0n) is 21.9. The summed E-state index contributed by atoms with van der Waals surface area (Å²) >= 11 is 0. The van der Waals surface area contributed by atoms with E-state index >= 15 is 0 Å². The number of carbonyl (C=O) groups excluding carboxylic acids is 1. The molecule has 3 fully saturated rings.